The van der Waals surface area contributed by atoms with E-state index in [9.17, 15) is 5.11 Å². The van der Waals surface area contributed by atoms with Crippen LogP contribution < -0.4 is 0 Å². The summed E-state index contributed by atoms with van der Waals surface area (Å²) in [5, 5.41) is 16.0. The van der Waals surface area contributed by atoms with Crippen molar-refractivity contribution in [3.63, 3.8) is 0 Å². The van der Waals surface area contributed by atoms with Crippen molar-refractivity contribution in [1.29, 1.82) is 0 Å². The van der Waals surface area contributed by atoms with E-state index in [-0.39, 0.29) is 6.10 Å². The lowest BCUT2D eigenvalue weighted by molar-refractivity contribution is 0.154. The van der Waals surface area contributed by atoms with Crippen molar-refractivity contribution < 1.29 is 5.11 Å². The lowest BCUT2D eigenvalue weighted by Crippen LogP contribution is -2.01. The molecule has 0 saturated heterocycles. The molecule has 4 rings (SSSR count). The molecule has 1 N–H and O–H groups in total. The molecule has 1 aromatic carbocycles. The van der Waals surface area contributed by atoms with E-state index in [1.165, 1.54) is 5.39 Å². The molecule has 2 aromatic heterocycles. The summed E-state index contributed by atoms with van der Waals surface area (Å²) in [6, 6.07) is 10.3. The molecule has 1 unspecified atom stereocenters. The molecular weight excluding hydrogens is 262 g/mol. The van der Waals surface area contributed by atoms with Gasteiger partial charge in [-0.3, -0.25) is 4.68 Å². The van der Waals surface area contributed by atoms with Gasteiger partial charge in [0.15, 0.2) is 0 Å². The maximum Gasteiger partial charge on any atom is 0.0900 e. The number of hydrogen-bond donors (Lipinski definition) is 1. The van der Waals surface area contributed by atoms with Crippen LogP contribution in [0.4, 0.5) is 0 Å². The predicted octanol–water partition coefficient (Wildman–Crippen LogP) is 2.87. The molecule has 1 fully saturated rings. The smallest absolute Gasteiger partial charge is 0.0900 e. The number of benzene rings is 1. The van der Waals surface area contributed by atoms with E-state index in [4.69, 9.17) is 0 Å². The van der Waals surface area contributed by atoms with Crippen molar-refractivity contribution in [3.05, 3.63) is 54.0 Å². The van der Waals surface area contributed by atoms with Gasteiger partial charge in [-0.2, -0.15) is 5.10 Å². The highest BCUT2D eigenvalue weighted by Gasteiger charge is 2.31. The van der Waals surface area contributed by atoms with Gasteiger partial charge < -0.3 is 9.67 Å². The predicted molar refractivity (Wildman–Crippen MR) is 81.9 cm³/mol. The average molecular weight is 281 g/mol. The Kier molecular flexibility index (Phi) is 2.86. The minimum absolute atomic E-state index is 0.299. The van der Waals surface area contributed by atoms with Crippen LogP contribution in [-0.2, 0) is 13.6 Å². The number of nitrogens with zero attached hydrogens (tertiary/aromatic N) is 3. The van der Waals surface area contributed by atoms with Gasteiger partial charge in [0.2, 0.25) is 0 Å². The van der Waals surface area contributed by atoms with E-state index in [2.05, 4.69) is 21.8 Å². The molecule has 0 bridgehead atoms. The molecule has 0 aliphatic heterocycles. The van der Waals surface area contributed by atoms with Crippen LogP contribution in [0.25, 0.3) is 10.9 Å². The van der Waals surface area contributed by atoms with Crippen LogP contribution in [0, 0.1) is 5.92 Å². The van der Waals surface area contributed by atoms with Crippen molar-refractivity contribution in [2.45, 2.75) is 25.5 Å². The summed E-state index contributed by atoms with van der Waals surface area (Å²) < 4.78 is 4.03. The third kappa shape index (κ3) is 2.25. The van der Waals surface area contributed by atoms with Gasteiger partial charge in [-0.1, -0.05) is 18.2 Å². The topological polar surface area (TPSA) is 43.0 Å². The molecular formula is C17H19N3O. The number of para-hydroxylation sites is 1. The molecule has 1 atom stereocenters. The lowest BCUT2D eigenvalue weighted by Gasteiger charge is -2.06. The van der Waals surface area contributed by atoms with Gasteiger partial charge in [0.25, 0.3) is 0 Å². The summed E-state index contributed by atoms with van der Waals surface area (Å²) in [5.74, 6) is 0.469. The Labute approximate surface area is 123 Å². The first kappa shape index (κ1) is 12.7. The van der Waals surface area contributed by atoms with Crippen molar-refractivity contribution >= 4 is 10.9 Å². The van der Waals surface area contributed by atoms with Gasteiger partial charge in [-0.05, 0) is 36.5 Å². The van der Waals surface area contributed by atoms with E-state index in [0.717, 1.165) is 36.2 Å². The normalized spacial score (nSPS) is 16.5. The third-order valence-corrected chi connectivity index (χ3v) is 4.35. The van der Waals surface area contributed by atoms with E-state index < -0.39 is 0 Å². The van der Waals surface area contributed by atoms with Crippen molar-refractivity contribution in [2.75, 3.05) is 0 Å². The first-order chi connectivity index (χ1) is 10.2. The zero-order valence-electron chi connectivity index (χ0n) is 12.1. The molecule has 1 saturated carbocycles. The minimum Gasteiger partial charge on any atom is -0.388 e. The van der Waals surface area contributed by atoms with Gasteiger partial charge in [0, 0.05) is 24.8 Å². The van der Waals surface area contributed by atoms with Crippen LogP contribution >= 0.6 is 0 Å². The molecule has 0 amide bonds. The number of aliphatic hydroxyl groups is 1. The Hall–Kier alpha value is -2.07. The van der Waals surface area contributed by atoms with E-state index in [1.807, 2.05) is 42.3 Å². The molecule has 2 heterocycles. The highest BCUT2D eigenvalue weighted by Crippen LogP contribution is 2.40. The standard InChI is InChI=1S/C17H19N3O/c1-19-16-5-3-2-4-14(16)15(18-19)11-20-9-8-13(10-20)17(21)12-6-7-12/h2-5,8-10,12,17,21H,6-7,11H2,1H3. The SMILES string of the molecule is Cn1nc(Cn2ccc(C(O)C3CC3)c2)c2ccccc21. The largest absolute Gasteiger partial charge is 0.388 e. The molecule has 1 aliphatic rings. The van der Waals surface area contributed by atoms with Crippen LogP contribution in [0.3, 0.4) is 0 Å². The van der Waals surface area contributed by atoms with Crippen LogP contribution in [0.5, 0.6) is 0 Å². The Morgan fingerprint density at radius 2 is 2.10 bits per heavy atom. The van der Waals surface area contributed by atoms with Gasteiger partial charge in [-0.25, -0.2) is 0 Å². The highest BCUT2D eigenvalue weighted by molar-refractivity contribution is 5.81. The first-order valence-electron chi connectivity index (χ1n) is 7.47. The number of hydrogen-bond acceptors (Lipinski definition) is 2. The van der Waals surface area contributed by atoms with E-state index >= 15 is 0 Å². The number of rotatable bonds is 4. The summed E-state index contributed by atoms with van der Waals surface area (Å²) in [4.78, 5) is 0. The Morgan fingerprint density at radius 3 is 2.90 bits per heavy atom. The van der Waals surface area contributed by atoms with Crippen LogP contribution in [-0.4, -0.2) is 19.5 Å². The fraction of sp³-hybridized carbons (Fsp3) is 0.353. The van der Waals surface area contributed by atoms with E-state index in [1.54, 1.807) is 0 Å². The summed E-state index contributed by atoms with van der Waals surface area (Å²) in [6.45, 7) is 0.735. The Morgan fingerprint density at radius 1 is 1.29 bits per heavy atom. The van der Waals surface area contributed by atoms with Gasteiger partial charge in [-0.15, -0.1) is 0 Å². The number of aryl methyl sites for hydroxylation is 1. The molecule has 21 heavy (non-hydrogen) atoms. The minimum atomic E-state index is -0.299. The fourth-order valence-corrected chi connectivity index (χ4v) is 3.00. The number of aromatic nitrogens is 3. The van der Waals surface area contributed by atoms with Crippen molar-refractivity contribution in [3.8, 4) is 0 Å². The summed E-state index contributed by atoms with van der Waals surface area (Å²) in [6.07, 6.45) is 6.08. The highest BCUT2D eigenvalue weighted by atomic mass is 16.3. The Bertz CT molecular complexity index is 782. The molecule has 4 nitrogen and oxygen atoms in total. The van der Waals surface area contributed by atoms with Gasteiger partial charge in [0.1, 0.15) is 0 Å². The van der Waals surface area contributed by atoms with Crippen LogP contribution in [0.1, 0.15) is 30.2 Å². The van der Waals surface area contributed by atoms with Crippen LogP contribution in [0.2, 0.25) is 0 Å². The maximum atomic E-state index is 10.2. The summed E-state index contributed by atoms with van der Waals surface area (Å²) in [5.41, 5.74) is 3.24. The molecule has 0 spiro atoms. The summed E-state index contributed by atoms with van der Waals surface area (Å²) >= 11 is 0. The number of fused-ring (bicyclic) bond motifs is 1. The first-order valence-corrected chi connectivity index (χ1v) is 7.47. The average Bonchev–Trinajstić information content (AvgIpc) is 3.17. The summed E-state index contributed by atoms with van der Waals surface area (Å²) in [7, 11) is 1.98. The van der Waals surface area contributed by atoms with Crippen molar-refractivity contribution in [1.82, 2.24) is 14.3 Å². The number of aliphatic hydroxyl groups excluding tert-OH is 1. The second-order valence-electron chi connectivity index (χ2n) is 5.99. The van der Waals surface area contributed by atoms with Gasteiger partial charge >= 0.3 is 0 Å². The molecule has 108 valence electrons. The molecule has 3 aromatic rings. The Balaban J connectivity index is 1.62. The molecule has 4 heteroatoms. The zero-order valence-corrected chi connectivity index (χ0v) is 12.1. The zero-order chi connectivity index (χ0) is 14.4. The lowest BCUT2D eigenvalue weighted by atomic mass is 10.1. The maximum absolute atomic E-state index is 10.2. The van der Waals surface area contributed by atoms with Gasteiger partial charge in [0.05, 0.1) is 23.9 Å². The second-order valence-corrected chi connectivity index (χ2v) is 5.99. The third-order valence-electron chi connectivity index (χ3n) is 4.35. The molecule has 1 aliphatic carbocycles. The van der Waals surface area contributed by atoms with Crippen LogP contribution in [0.15, 0.2) is 42.7 Å². The quantitative estimate of drug-likeness (QED) is 0.799. The van der Waals surface area contributed by atoms with E-state index in [0.29, 0.717) is 5.92 Å². The van der Waals surface area contributed by atoms with Crippen molar-refractivity contribution in [2.24, 2.45) is 13.0 Å². The molecule has 0 radical (unpaired) electrons. The fourth-order valence-electron chi connectivity index (χ4n) is 3.00. The monoisotopic (exact) mass is 281 g/mol. The second kappa shape index (κ2) is 4.74.